The van der Waals surface area contributed by atoms with E-state index in [1.165, 1.54) is 13.0 Å². The molecule has 0 radical (unpaired) electrons. The third kappa shape index (κ3) is 2.91. The van der Waals surface area contributed by atoms with Gasteiger partial charge in [-0.25, -0.2) is 0 Å². The molecule has 118 valence electrons. The zero-order valence-electron chi connectivity index (χ0n) is 13.0. The van der Waals surface area contributed by atoms with Crippen LogP contribution in [0.4, 0.5) is 0 Å². The van der Waals surface area contributed by atoms with E-state index in [-0.39, 0.29) is 24.1 Å². The molecule has 0 N–H and O–H groups in total. The van der Waals surface area contributed by atoms with Crippen LogP contribution in [-0.4, -0.2) is 48.1 Å². The Bertz CT molecular complexity index is 469. The zero-order chi connectivity index (χ0) is 15.4. The van der Waals surface area contributed by atoms with Gasteiger partial charge >= 0.3 is 0 Å². The number of carbonyl (C=O) groups is 1. The summed E-state index contributed by atoms with van der Waals surface area (Å²) in [5.74, 6) is -1.49. The molecular formula is C15H22O6. The van der Waals surface area contributed by atoms with Gasteiger partial charge in [0.1, 0.15) is 24.4 Å². The van der Waals surface area contributed by atoms with Gasteiger partial charge in [-0.3, -0.25) is 4.79 Å². The Kier molecular flexibility index (Phi) is 3.50. The zero-order valence-corrected chi connectivity index (χ0v) is 13.0. The Morgan fingerprint density at radius 2 is 1.48 bits per heavy atom. The van der Waals surface area contributed by atoms with Gasteiger partial charge in [-0.1, -0.05) is 0 Å². The van der Waals surface area contributed by atoms with Crippen molar-refractivity contribution in [1.82, 2.24) is 0 Å². The van der Waals surface area contributed by atoms with E-state index in [2.05, 4.69) is 0 Å². The number of allylic oxidation sites excluding steroid dienone is 1. The Hall–Kier alpha value is -0.790. The molecule has 0 unspecified atom stereocenters. The third-order valence-corrected chi connectivity index (χ3v) is 3.71. The van der Waals surface area contributed by atoms with Crippen LogP contribution < -0.4 is 0 Å². The number of ketones is 1. The lowest BCUT2D eigenvalue weighted by Crippen LogP contribution is -2.54. The average molecular weight is 298 g/mol. The molecule has 0 aliphatic carbocycles. The molecule has 0 aromatic carbocycles. The van der Waals surface area contributed by atoms with E-state index < -0.39 is 24.0 Å². The number of hydrogen-bond acceptors (Lipinski definition) is 6. The van der Waals surface area contributed by atoms with Gasteiger partial charge in [0.2, 0.25) is 0 Å². The molecule has 6 heteroatoms. The third-order valence-electron chi connectivity index (χ3n) is 3.71. The quantitative estimate of drug-likeness (QED) is 0.720. The maximum absolute atomic E-state index is 11.2. The van der Waals surface area contributed by atoms with Crippen LogP contribution in [0.5, 0.6) is 0 Å². The smallest absolute Gasteiger partial charge is 0.190 e. The topological polar surface area (TPSA) is 63.2 Å². The second-order valence-electron chi connectivity index (χ2n) is 6.60. The lowest BCUT2D eigenvalue weighted by Gasteiger charge is -2.35. The van der Waals surface area contributed by atoms with E-state index in [1.54, 1.807) is 6.08 Å². The van der Waals surface area contributed by atoms with Crippen LogP contribution in [-0.2, 0) is 28.5 Å². The Balaban J connectivity index is 1.86. The van der Waals surface area contributed by atoms with Crippen LogP contribution in [0.3, 0.4) is 0 Å². The Labute approximate surface area is 124 Å². The maximum Gasteiger partial charge on any atom is 0.190 e. The minimum absolute atomic E-state index is 0.0423. The molecule has 3 fully saturated rings. The van der Waals surface area contributed by atoms with Crippen molar-refractivity contribution in [3.8, 4) is 0 Å². The summed E-state index contributed by atoms with van der Waals surface area (Å²) in [6.45, 7) is 8.88. The molecule has 3 rings (SSSR count). The molecule has 3 aliphatic rings. The first-order chi connectivity index (χ1) is 9.67. The largest absolute Gasteiger partial charge is 0.342 e. The van der Waals surface area contributed by atoms with Crippen molar-refractivity contribution < 1.29 is 28.5 Å². The van der Waals surface area contributed by atoms with Crippen molar-refractivity contribution in [2.75, 3.05) is 0 Å². The van der Waals surface area contributed by atoms with Crippen molar-refractivity contribution in [3.63, 3.8) is 0 Å². The average Bonchev–Trinajstić information content (AvgIpc) is 2.80. The molecule has 0 aromatic rings. The molecular weight excluding hydrogens is 276 g/mol. The van der Waals surface area contributed by atoms with Crippen LogP contribution in [0.1, 0.15) is 34.6 Å². The highest BCUT2D eigenvalue weighted by molar-refractivity contribution is 5.87. The molecule has 21 heavy (non-hydrogen) atoms. The second kappa shape index (κ2) is 4.86. The highest BCUT2D eigenvalue weighted by Crippen LogP contribution is 2.44. The summed E-state index contributed by atoms with van der Waals surface area (Å²) in [6.07, 6.45) is 1.30. The van der Waals surface area contributed by atoms with Gasteiger partial charge in [0.25, 0.3) is 0 Å². The van der Waals surface area contributed by atoms with Crippen LogP contribution in [0, 0.1) is 0 Å². The first-order valence-corrected chi connectivity index (χ1v) is 7.22. The summed E-state index contributed by atoms with van der Waals surface area (Å²) in [7, 11) is 0. The lowest BCUT2D eigenvalue weighted by molar-refractivity contribution is -0.222. The summed E-state index contributed by atoms with van der Waals surface area (Å²) in [4.78, 5) is 11.2. The number of hydrogen-bond donors (Lipinski definition) is 0. The highest BCUT2D eigenvalue weighted by Gasteiger charge is 2.60. The van der Waals surface area contributed by atoms with Crippen LogP contribution in [0.15, 0.2) is 12.2 Å². The van der Waals surface area contributed by atoms with E-state index >= 15 is 0 Å². The fourth-order valence-corrected chi connectivity index (χ4v) is 3.03. The second-order valence-corrected chi connectivity index (χ2v) is 6.60. The minimum atomic E-state index is -0.727. The summed E-state index contributed by atoms with van der Waals surface area (Å²) >= 11 is 0. The molecule has 0 bridgehead atoms. The van der Waals surface area contributed by atoms with Gasteiger partial charge in [-0.15, -0.1) is 0 Å². The van der Waals surface area contributed by atoms with E-state index in [1.807, 2.05) is 27.7 Å². The standard InChI is InChI=1S/C15H22O6/c1-8(16)6-7-9-10-11(19-14(2,3)18-10)12-13(17-9)21-15(4,5)20-12/h6-7,9-13H,1-5H3/b7-6+/t9-,10+,11+,12-,13-/m1/s1. The van der Waals surface area contributed by atoms with E-state index in [0.717, 1.165) is 0 Å². The first kappa shape index (κ1) is 15.1. The maximum atomic E-state index is 11.2. The van der Waals surface area contributed by atoms with Crippen LogP contribution in [0.2, 0.25) is 0 Å². The van der Waals surface area contributed by atoms with E-state index in [4.69, 9.17) is 23.7 Å². The number of fused-ring (bicyclic) bond motifs is 3. The normalized spacial score (nSPS) is 43.8. The fourth-order valence-electron chi connectivity index (χ4n) is 3.03. The molecule has 0 spiro atoms. The predicted octanol–water partition coefficient (Wildman–Crippen LogP) is 1.53. The van der Waals surface area contributed by atoms with E-state index in [9.17, 15) is 4.79 Å². The molecule has 5 atom stereocenters. The van der Waals surface area contributed by atoms with Crippen LogP contribution >= 0.6 is 0 Å². The highest BCUT2D eigenvalue weighted by atomic mass is 16.9. The van der Waals surface area contributed by atoms with Crippen molar-refractivity contribution in [2.24, 2.45) is 0 Å². The number of rotatable bonds is 2. The minimum Gasteiger partial charge on any atom is -0.342 e. The Morgan fingerprint density at radius 1 is 0.905 bits per heavy atom. The molecule has 0 saturated carbocycles. The lowest BCUT2D eigenvalue weighted by atomic mass is 9.98. The van der Waals surface area contributed by atoms with Gasteiger partial charge in [0.05, 0.1) is 0 Å². The van der Waals surface area contributed by atoms with Gasteiger partial charge in [-0.2, -0.15) is 0 Å². The van der Waals surface area contributed by atoms with Gasteiger partial charge in [0, 0.05) is 0 Å². The van der Waals surface area contributed by atoms with Gasteiger partial charge < -0.3 is 23.7 Å². The fraction of sp³-hybridized carbons (Fsp3) is 0.800. The summed E-state index contributed by atoms with van der Waals surface area (Å²) in [5.41, 5.74) is 0. The molecule has 0 amide bonds. The summed E-state index contributed by atoms with van der Waals surface area (Å²) in [5, 5.41) is 0. The van der Waals surface area contributed by atoms with E-state index in [0.29, 0.717) is 0 Å². The van der Waals surface area contributed by atoms with Crippen molar-refractivity contribution in [3.05, 3.63) is 12.2 Å². The molecule has 3 saturated heterocycles. The summed E-state index contributed by atoms with van der Waals surface area (Å²) < 4.78 is 29.5. The molecule has 3 heterocycles. The van der Waals surface area contributed by atoms with Gasteiger partial charge in [-0.05, 0) is 46.8 Å². The monoisotopic (exact) mass is 298 g/mol. The number of carbonyl (C=O) groups excluding carboxylic acids is 1. The van der Waals surface area contributed by atoms with Crippen molar-refractivity contribution >= 4 is 5.78 Å². The van der Waals surface area contributed by atoms with Gasteiger partial charge in [0.15, 0.2) is 23.6 Å². The first-order valence-electron chi connectivity index (χ1n) is 7.22. The molecule has 0 aromatic heterocycles. The molecule has 3 aliphatic heterocycles. The predicted molar refractivity (Wildman–Crippen MR) is 72.3 cm³/mol. The number of ether oxygens (including phenoxy) is 5. The molecule has 6 nitrogen and oxygen atoms in total. The Morgan fingerprint density at radius 3 is 2.14 bits per heavy atom. The van der Waals surface area contributed by atoms with Crippen LogP contribution in [0.25, 0.3) is 0 Å². The SMILES string of the molecule is CC(=O)/C=C/[C@H]1O[C@@H]2OC(C)(C)O[C@@H]2[C@H]2OC(C)(C)O[C@H]21. The van der Waals surface area contributed by atoms with Crippen molar-refractivity contribution in [1.29, 1.82) is 0 Å². The van der Waals surface area contributed by atoms with Crippen molar-refractivity contribution in [2.45, 2.75) is 76.9 Å². The summed E-state index contributed by atoms with van der Waals surface area (Å²) in [6, 6.07) is 0.